The van der Waals surface area contributed by atoms with Crippen molar-refractivity contribution >= 4 is 27.8 Å². The lowest BCUT2D eigenvalue weighted by molar-refractivity contribution is 0.402. The Bertz CT molecular complexity index is 1460. The van der Waals surface area contributed by atoms with Crippen molar-refractivity contribution in [3.8, 4) is 22.6 Å². The normalized spacial score (nSPS) is 14.5. The molecule has 0 atom stereocenters. The van der Waals surface area contributed by atoms with Crippen LogP contribution < -0.4 is 4.90 Å². The molecule has 34 heavy (non-hydrogen) atoms. The van der Waals surface area contributed by atoms with Gasteiger partial charge in [-0.25, -0.2) is 9.97 Å². The van der Waals surface area contributed by atoms with E-state index in [1.54, 1.807) is 0 Å². The molecule has 0 amide bonds. The molecule has 1 saturated heterocycles. The van der Waals surface area contributed by atoms with Gasteiger partial charge < -0.3 is 14.8 Å². The molecule has 4 aromatic heterocycles. The predicted molar refractivity (Wildman–Crippen MR) is 136 cm³/mol. The molecule has 5 aromatic rings. The van der Waals surface area contributed by atoms with Crippen molar-refractivity contribution < 1.29 is 0 Å². The molecule has 1 aliphatic heterocycles. The smallest absolute Gasteiger partial charge is 0.161 e. The molecular formula is C26H28N8. The van der Waals surface area contributed by atoms with Crippen LogP contribution in [0.2, 0.25) is 0 Å². The number of imidazole rings is 1. The average molecular weight is 453 g/mol. The van der Waals surface area contributed by atoms with Gasteiger partial charge in [-0.05, 0) is 68.8 Å². The number of piperidine rings is 1. The van der Waals surface area contributed by atoms with E-state index in [4.69, 9.17) is 4.98 Å². The Morgan fingerprint density at radius 2 is 1.88 bits per heavy atom. The molecule has 1 fully saturated rings. The van der Waals surface area contributed by atoms with E-state index in [0.717, 1.165) is 70.0 Å². The summed E-state index contributed by atoms with van der Waals surface area (Å²) < 4.78 is 0. The van der Waals surface area contributed by atoms with Gasteiger partial charge in [0.05, 0.1) is 11.2 Å². The molecule has 1 aromatic carbocycles. The second-order valence-corrected chi connectivity index (χ2v) is 9.31. The SMILES string of the molecule is CN(C)Cc1cncc(-c2ccc3[nH]nc(-c4nc5c(N6CCCCC6)ccnc5[nH]4)c3c2)c1. The summed E-state index contributed by atoms with van der Waals surface area (Å²) in [4.78, 5) is 22.0. The number of nitrogens with zero attached hydrogens (tertiary/aromatic N) is 6. The first-order valence-electron chi connectivity index (χ1n) is 11.8. The minimum absolute atomic E-state index is 0.731. The van der Waals surface area contributed by atoms with Gasteiger partial charge in [0.25, 0.3) is 0 Å². The van der Waals surface area contributed by atoms with Gasteiger partial charge in [0.1, 0.15) is 11.2 Å². The van der Waals surface area contributed by atoms with Gasteiger partial charge in [0, 0.05) is 49.2 Å². The zero-order valence-corrected chi connectivity index (χ0v) is 19.5. The number of fused-ring (bicyclic) bond motifs is 2. The summed E-state index contributed by atoms with van der Waals surface area (Å²) in [6.07, 6.45) is 9.44. The van der Waals surface area contributed by atoms with E-state index >= 15 is 0 Å². The van der Waals surface area contributed by atoms with Crippen molar-refractivity contribution in [1.82, 2.24) is 35.0 Å². The highest BCUT2D eigenvalue weighted by Crippen LogP contribution is 2.32. The van der Waals surface area contributed by atoms with Gasteiger partial charge in [-0.15, -0.1) is 0 Å². The van der Waals surface area contributed by atoms with Gasteiger partial charge >= 0.3 is 0 Å². The number of aromatic nitrogens is 6. The third kappa shape index (κ3) is 3.80. The van der Waals surface area contributed by atoms with Crippen molar-refractivity contribution in [2.24, 2.45) is 0 Å². The Balaban J connectivity index is 1.41. The predicted octanol–water partition coefficient (Wildman–Crippen LogP) is 4.62. The molecule has 0 spiro atoms. The van der Waals surface area contributed by atoms with Gasteiger partial charge in [0.15, 0.2) is 11.5 Å². The van der Waals surface area contributed by atoms with Crippen LogP contribution in [0.25, 0.3) is 44.7 Å². The van der Waals surface area contributed by atoms with Crippen LogP contribution in [0.15, 0.2) is 48.9 Å². The van der Waals surface area contributed by atoms with Crippen LogP contribution in [0.4, 0.5) is 5.69 Å². The fourth-order valence-electron chi connectivity index (χ4n) is 4.87. The van der Waals surface area contributed by atoms with Crippen LogP contribution in [0.1, 0.15) is 24.8 Å². The van der Waals surface area contributed by atoms with E-state index in [9.17, 15) is 0 Å². The molecule has 6 rings (SSSR count). The maximum Gasteiger partial charge on any atom is 0.161 e. The minimum atomic E-state index is 0.731. The summed E-state index contributed by atoms with van der Waals surface area (Å²) in [5.74, 6) is 0.731. The number of aromatic amines is 2. The average Bonchev–Trinajstić information content (AvgIpc) is 3.48. The number of pyridine rings is 2. The zero-order valence-electron chi connectivity index (χ0n) is 19.5. The minimum Gasteiger partial charge on any atom is -0.370 e. The lowest BCUT2D eigenvalue weighted by Crippen LogP contribution is -2.29. The monoisotopic (exact) mass is 452 g/mol. The molecule has 8 nitrogen and oxygen atoms in total. The lowest BCUT2D eigenvalue weighted by Gasteiger charge is -2.28. The quantitative estimate of drug-likeness (QED) is 0.405. The first kappa shape index (κ1) is 20.8. The van der Waals surface area contributed by atoms with Gasteiger partial charge in [-0.2, -0.15) is 5.10 Å². The number of hydrogen-bond donors (Lipinski definition) is 2. The van der Waals surface area contributed by atoms with Crippen molar-refractivity contribution in [2.45, 2.75) is 25.8 Å². The maximum absolute atomic E-state index is 4.97. The van der Waals surface area contributed by atoms with E-state index in [2.05, 4.69) is 79.4 Å². The standard InChI is InChI=1S/C26H28N8/c1-33(2)16-17-12-19(15-27-14-17)18-6-7-21-20(13-18)23(32-31-21)26-29-24-22(8-9-28-25(24)30-26)34-10-4-3-5-11-34/h6-9,12-15H,3-5,10-11,16H2,1-2H3,(H,31,32)(H,28,29,30). The summed E-state index contributed by atoms with van der Waals surface area (Å²) in [7, 11) is 4.13. The highest BCUT2D eigenvalue weighted by Gasteiger charge is 2.19. The summed E-state index contributed by atoms with van der Waals surface area (Å²) in [6.45, 7) is 2.99. The zero-order chi connectivity index (χ0) is 23.1. The second kappa shape index (κ2) is 8.53. The van der Waals surface area contributed by atoms with Crippen LogP contribution in [0.5, 0.6) is 0 Å². The van der Waals surface area contributed by atoms with E-state index in [-0.39, 0.29) is 0 Å². The molecular weight excluding hydrogens is 424 g/mol. The van der Waals surface area contributed by atoms with Crippen molar-refractivity contribution in [3.63, 3.8) is 0 Å². The summed E-state index contributed by atoms with van der Waals surface area (Å²) >= 11 is 0. The molecule has 0 aliphatic carbocycles. The van der Waals surface area contributed by atoms with E-state index in [1.165, 1.54) is 24.8 Å². The number of rotatable bonds is 5. The Morgan fingerprint density at radius 1 is 1.00 bits per heavy atom. The molecule has 0 saturated carbocycles. The third-order valence-corrected chi connectivity index (χ3v) is 6.47. The van der Waals surface area contributed by atoms with Gasteiger partial charge in [-0.1, -0.05) is 6.07 Å². The molecule has 2 N–H and O–H groups in total. The van der Waals surface area contributed by atoms with Crippen LogP contribution in [0.3, 0.4) is 0 Å². The topological polar surface area (TPSA) is 89.6 Å². The first-order valence-corrected chi connectivity index (χ1v) is 11.8. The molecule has 0 bridgehead atoms. The summed E-state index contributed by atoms with van der Waals surface area (Å²) in [6, 6.07) is 10.6. The molecule has 1 aliphatic rings. The maximum atomic E-state index is 4.97. The number of benzene rings is 1. The Kier molecular flexibility index (Phi) is 5.22. The fraction of sp³-hybridized carbons (Fsp3) is 0.308. The third-order valence-electron chi connectivity index (χ3n) is 6.47. The van der Waals surface area contributed by atoms with Crippen LogP contribution >= 0.6 is 0 Å². The van der Waals surface area contributed by atoms with Crippen LogP contribution in [-0.2, 0) is 6.54 Å². The number of nitrogens with one attached hydrogen (secondary N) is 2. The van der Waals surface area contributed by atoms with Crippen molar-refractivity contribution in [2.75, 3.05) is 32.1 Å². The van der Waals surface area contributed by atoms with E-state index in [0.29, 0.717) is 0 Å². The molecule has 8 heteroatoms. The number of H-pyrrole nitrogens is 2. The molecule has 0 radical (unpaired) electrons. The molecule has 172 valence electrons. The van der Waals surface area contributed by atoms with Gasteiger partial charge in [0.2, 0.25) is 0 Å². The van der Waals surface area contributed by atoms with E-state index in [1.807, 2.05) is 18.6 Å². The highest BCUT2D eigenvalue weighted by atomic mass is 15.2. The van der Waals surface area contributed by atoms with Gasteiger partial charge in [-0.3, -0.25) is 10.1 Å². The fourth-order valence-corrected chi connectivity index (χ4v) is 4.87. The number of anilines is 1. The molecule has 0 unspecified atom stereocenters. The van der Waals surface area contributed by atoms with Crippen LogP contribution in [0, 0.1) is 0 Å². The highest BCUT2D eigenvalue weighted by molar-refractivity contribution is 5.96. The Labute approximate surface area is 198 Å². The van der Waals surface area contributed by atoms with Crippen LogP contribution in [-0.4, -0.2) is 62.2 Å². The summed E-state index contributed by atoms with van der Waals surface area (Å²) in [5, 5.41) is 8.80. The largest absolute Gasteiger partial charge is 0.370 e. The molecule has 5 heterocycles. The Hall–Kier alpha value is -3.78. The number of hydrogen-bond acceptors (Lipinski definition) is 6. The lowest BCUT2D eigenvalue weighted by atomic mass is 10.0. The van der Waals surface area contributed by atoms with Crippen molar-refractivity contribution in [1.29, 1.82) is 0 Å². The van der Waals surface area contributed by atoms with Crippen molar-refractivity contribution in [3.05, 3.63) is 54.5 Å². The Morgan fingerprint density at radius 3 is 2.74 bits per heavy atom. The summed E-state index contributed by atoms with van der Waals surface area (Å²) in [5.41, 5.74) is 8.01. The second-order valence-electron chi connectivity index (χ2n) is 9.31. The first-order chi connectivity index (χ1) is 16.7. The van der Waals surface area contributed by atoms with E-state index < -0.39 is 0 Å².